The third kappa shape index (κ3) is 5.92. The van der Waals surface area contributed by atoms with Crippen LogP contribution in [-0.4, -0.2) is 34.4 Å². The van der Waals surface area contributed by atoms with Crippen LogP contribution in [0.4, 0.5) is 11.4 Å². The quantitative estimate of drug-likeness (QED) is 0.525. The Morgan fingerprint density at radius 1 is 1.00 bits per heavy atom. The van der Waals surface area contributed by atoms with E-state index in [0.717, 1.165) is 0 Å². The van der Waals surface area contributed by atoms with Crippen molar-refractivity contribution in [2.24, 2.45) is 0 Å². The molecule has 8 heteroatoms. The molecule has 0 spiro atoms. The Kier molecular flexibility index (Phi) is 6.83. The molecule has 0 radical (unpaired) electrons. The minimum absolute atomic E-state index is 0.140. The lowest BCUT2D eigenvalue weighted by Gasteiger charge is -2.13. The van der Waals surface area contributed by atoms with Crippen LogP contribution in [0.25, 0.3) is 0 Å². The fraction of sp³-hybridized carbons (Fsp3) is 0.308. The molecule has 0 unspecified atom stereocenters. The number of carboxylic acids is 1. The summed E-state index contributed by atoms with van der Waals surface area (Å²) in [7, 11) is 0. The smallest absolute Gasteiger partial charge is 0.335 e. The van der Waals surface area contributed by atoms with Gasteiger partial charge in [0, 0.05) is 24.5 Å². The zero-order valence-electron chi connectivity index (χ0n) is 11.8. The van der Waals surface area contributed by atoms with Crippen LogP contribution in [0, 0.1) is 0 Å². The molecule has 0 amide bonds. The number of nitrogens with one attached hydrogen (secondary N) is 4. The second kappa shape index (κ2) is 8.38. The molecule has 0 heterocycles. The Morgan fingerprint density at radius 3 is 1.76 bits per heavy atom. The lowest BCUT2D eigenvalue weighted by molar-refractivity contribution is 0.0697. The van der Waals surface area contributed by atoms with Gasteiger partial charge < -0.3 is 26.4 Å². The summed E-state index contributed by atoms with van der Waals surface area (Å²) in [5.74, 6) is -1.02. The molecule has 0 fully saturated rings. The Bertz CT molecular complexity index is 511. The number of carboxylic acid groups (broad SMARTS) is 1. The molecule has 0 saturated heterocycles. The zero-order chi connectivity index (χ0) is 15.8. The van der Waals surface area contributed by atoms with Crippen LogP contribution < -0.4 is 21.3 Å². The van der Waals surface area contributed by atoms with Crippen LogP contribution in [0.1, 0.15) is 24.2 Å². The van der Waals surface area contributed by atoms with Crippen molar-refractivity contribution < 1.29 is 9.90 Å². The van der Waals surface area contributed by atoms with Crippen LogP contribution >= 0.6 is 24.4 Å². The van der Waals surface area contributed by atoms with E-state index in [1.807, 2.05) is 13.8 Å². The van der Waals surface area contributed by atoms with E-state index in [1.165, 1.54) is 12.1 Å². The molecule has 5 N–H and O–H groups in total. The average molecular weight is 326 g/mol. The Balaban J connectivity index is 2.97. The van der Waals surface area contributed by atoms with Gasteiger partial charge in [-0.3, -0.25) is 0 Å². The lowest BCUT2D eigenvalue weighted by atomic mass is 10.1. The summed E-state index contributed by atoms with van der Waals surface area (Å²) in [6.07, 6.45) is 0. The number of rotatable bonds is 5. The lowest BCUT2D eigenvalue weighted by Crippen LogP contribution is -2.29. The molecular formula is C13H18N4O2S2. The molecule has 6 nitrogen and oxygen atoms in total. The molecule has 0 atom stereocenters. The highest BCUT2D eigenvalue weighted by atomic mass is 32.1. The highest BCUT2D eigenvalue weighted by molar-refractivity contribution is 7.80. The van der Waals surface area contributed by atoms with Gasteiger partial charge in [0.1, 0.15) is 0 Å². The number of benzene rings is 1. The van der Waals surface area contributed by atoms with Gasteiger partial charge in [-0.05, 0) is 56.5 Å². The summed E-state index contributed by atoms with van der Waals surface area (Å²) >= 11 is 10.2. The van der Waals surface area contributed by atoms with Crippen LogP contribution in [0.15, 0.2) is 18.2 Å². The van der Waals surface area contributed by atoms with Crippen molar-refractivity contribution in [2.45, 2.75) is 13.8 Å². The van der Waals surface area contributed by atoms with Crippen molar-refractivity contribution in [3.63, 3.8) is 0 Å². The van der Waals surface area contributed by atoms with E-state index >= 15 is 0 Å². The summed E-state index contributed by atoms with van der Waals surface area (Å²) in [6, 6.07) is 4.75. The first-order valence-corrected chi connectivity index (χ1v) is 7.26. The molecule has 0 aromatic heterocycles. The van der Waals surface area contributed by atoms with Crippen molar-refractivity contribution in [3.05, 3.63) is 23.8 Å². The molecular weight excluding hydrogens is 308 g/mol. The second-order valence-corrected chi connectivity index (χ2v) is 4.89. The van der Waals surface area contributed by atoms with Crippen molar-refractivity contribution in [1.82, 2.24) is 10.6 Å². The van der Waals surface area contributed by atoms with E-state index in [9.17, 15) is 4.79 Å². The van der Waals surface area contributed by atoms with E-state index < -0.39 is 5.97 Å². The monoisotopic (exact) mass is 326 g/mol. The topological polar surface area (TPSA) is 85.4 Å². The molecule has 1 rings (SSSR count). The molecule has 114 valence electrons. The van der Waals surface area contributed by atoms with E-state index in [0.29, 0.717) is 34.7 Å². The first-order valence-electron chi connectivity index (χ1n) is 6.44. The van der Waals surface area contributed by atoms with Crippen molar-refractivity contribution >= 4 is 52.0 Å². The highest BCUT2D eigenvalue weighted by Gasteiger charge is 2.09. The third-order valence-corrected chi connectivity index (χ3v) is 2.86. The van der Waals surface area contributed by atoms with Crippen molar-refractivity contribution in [3.8, 4) is 0 Å². The van der Waals surface area contributed by atoms with Crippen LogP contribution in [0.3, 0.4) is 0 Å². The van der Waals surface area contributed by atoms with Gasteiger partial charge >= 0.3 is 5.97 Å². The second-order valence-electron chi connectivity index (χ2n) is 4.07. The van der Waals surface area contributed by atoms with Crippen LogP contribution in [0.2, 0.25) is 0 Å². The Morgan fingerprint density at radius 2 is 1.43 bits per heavy atom. The summed E-state index contributed by atoms with van der Waals surface area (Å²) in [4.78, 5) is 11.2. The average Bonchev–Trinajstić information content (AvgIpc) is 2.38. The number of thiocarbonyl (C=S) groups is 2. The summed E-state index contributed by atoms with van der Waals surface area (Å²) in [5.41, 5.74) is 1.28. The summed E-state index contributed by atoms with van der Waals surface area (Å²) < 4.78 is 0. The van der Waals surface area contributed by atoms with Gasteiger partial charge in [0.2, 0.25) is 0 Å². The first kappa shape index (κ1) is 17.1. The number of anilines is 2. The van der Waals surface area contributed by atoms with Gasteiger partial charge in [-0.15, -0.1) is 0 Å². The fourth-order valence-electron chi connectivity index (χ4n) is 1.57. The number of aromatic carboxylic acids is 1. The first-order chi connectivity index (χ1) is 9.96. The molecule has 0 saturated carbocycles. The maximum absolute atomic E-state index is 11.2. The SMILES string of the molecule is CCNC(=S)Nc1cc(NC(=S)NCC)cc(C(=O)O)c1. The summed E-state index contributed by atoms with van der Waals surface area (Å²) in [5, 5.41) is 21.8. The predicted octanol–water partition coefficient (Wildman–Crippen LogP) is 2.00. The van der Waals surface area contributed by atoms with Gasteiger partial charge in [0.25, 0.3) is 0 Å². The van der Waals surface area contributed by atoms with Crippen molar-refractivity contribution in [1.29, 1.82) is 0 Å². The highest BCUT2D eigenvalue weighted by Crippen LogP contribution is 2.19. The van der Waals surface area contributed by atoms with Gasteiger partial charge in [0.05, 0.1) is 5.56 Å². The Labute approximate surface area is 134 Å². The largest absolute Gasteiger partial charge is 0.478 e. The normalized spacial score (nSPS) is 9.62. The van der Waals surface area contributed by atoms with E-state index in [1.54, 1.807) is 6.07 Å². The zero-order valence-corrected chi connectivity index (χ0v) is 13.5. The Hall–Kier alpha value is -1.93. The van der Waals surface area contributed by atoms with Gasteiger partial charge in [-0.2, -0.15) is 0 Å². The van der Waals surface area contributed by atoms with Crippen molar-refractivity contribution in [2.75, 3.05) is 23.7 Å². The van der Waals surface area contributed by atoms with E-state index in [2.05, 4.69) is 21.3 Å². The van der Waals surface area contributed by atoms with E-state index in [-0.39, 0.29) is 5.56 Å². The molecule has 1 aromatic carbocycles. The molecule has 0 bridgehead atoms. The third-order valence-electron chi connectivity index (χ3n) is 2.37. The maximum atomic E-state index is 11.2. The standard InChI is InChI=1S/C13H18N4O2S2/c1-3-14-12(20)16-9-5-8(11(18)19)6-10(7-9)17-13(21)15-4-2/h5-7H,3-4H2,1-2H3,(H,18,19)(H2,14,16,20)(H2,15,17,21). The molecule has 0 aliphatic carbocycles. The molecule has 0 aliphatic rings. The van der Waals surface area contributed by atoms with Gasteiger partial charge in [-0.25, -0.2) is 4.79 Å². The maximum Gasteiger partial charge on any atom is 0.335 e. The van der Waals surface area contributed by atoms with Crippen LogP contribution in [-0.2, 0) is 0 Å². The molecule has 0 aliphatic heterocycles. The minimum atomic E-state index is -1.02. The fourth-order valence-corrected chi connectivity index (χ4v) is 2.09. The molecule has 1 aromatic rings. The number of carbonyl (C=O) groups is 1. The number of hydrogen-bond acceptors (Lipinski definition) is 3. The summed E-state index contributed by atoms with van der Waals surface area (Å²) in [6.45, 7) is 5.20. The number of hydrogen-bond donors (Lipinski definition) is 5. The minimum Gasteiger partial charge on any atom is -0.478 e. The predicted molar refractivity (Wildman–Crippen MR) is 93.2 cm³/mol. The van der Waals surface area contributed by atoms with Gasteiger partial charge in [-0.1, -0.05) is 0 Å². The van der Waals surface area contributed by atoms with E-state index in [4.69, 9.17) is 29.5 Å². The van der Waals surface area contributed by atoms with Gasteiger partial charge in [0.15, 0.2) is 10.2 Å². The van der Waals surface area contributed by atoms with Crippen LogP contribution in [0.5, 0.6) is 0 Å². The molecule has 21 heavy (non-hydrogen) atoms.